The van der Waals surface area contributed by atoms with Crippen LogP contribution in [0.15, 0.2) is 0 Å². The van der Waals surface area contributed by atoms with E-state index in [0.29, 0.717) is 31.6 Å². The van der Waals surface area contributed by atoms with Crippen LogP contribution in [0.1, 0.15) is 453 Å². The van der Waals surface area contributed by atoms with Gasteiger partial charge >= 0.3 is 39.5 Å². The molecule has 3 N–H and O–H groups in total. The van der Waals surface area contributed by atoms with Crippen LogP contribution in [0, 0.1) is 23.7 Å². The maximum absolute atomic E-state index is 13.1. The summed E-state index contributed by atoms with van der Waals surface area (Å²) in [7, 11) is -9.93. The quantitative estimate of drug-likeness (QED) is 0.0222. The Hall–Kier alpha value is -1.94. The van der Waals surface area contributed by atoms with Crippen molar-refractivity contribution in [3.05, 3.63) is 0 Å². The molecule has 0 amide bonds. The fourth-order valence-electron chi connectivity index (χ4n) is 13.5. The Kier molecular flexibility index (Phi) is 74.3. The molecule has 17 nitrogen and oxygen atoms in total. The lowest BCUT2D eigenvalue weighted by Crippen LogP contribution is -2.30. The minimum absolute atomic E-state index is 0.107. The third-order valence-electron chi connectivity index (χ3n) is 20.3. The topological polar surface area (TPSA) is 237 Å². The highest BCUT2D eigenvalue weighted by atomic mass is 31.2. The molecule has 630 valence electrons. The van der Waals surface area contributed by atoms with Crippen LogP contribution in [-0.2, 0) is 65.4 Å². The zero-order valence-electron chi connectivity index (χ0n) is 70.1. The Morgan fingerprint density at radius 2 is 0.396 bits per heavy atom. The number of phosphoric acid groups is 2. The summed E-state index contributed by atoms with van der Waals surface area (Å²) in [6.45, 7) is 14.3. The molecule has 0 rings (SSSR count). The predicted molar refractivity (Wildman–Crippen MR) is 437 cm³/mol. The zero-order chi connectivity index (χ0) is 78.1. The molecule has 0 spiro atoms. The molecule has 0 saturated heterocycles. The molecule has 0 aliphatic heterocycles. The molecule has 0 radical (unpaired) electrons. The SMILES string of the molecule is CC(C)CCCCCCCCCCCCCCCCCCCCC(=O)O[C@H](COC(=O)CCCCCCCCCCCCCCCC(C)C)COP(=O)(O)OCC(O)COP(=O)(O)OC[C@@H](COC(=O)CCCCCCCCCC(C)C)OC(=O)CCCCCCCCCCCCCCCCCCC(C)C. The number of phosphoric ester groups is 2. The van der Waals surface area contributed by atoms with Crippen LogP contribution < -0.4 is 0 Å². The number of aliphatic hydroxyl groups is 1. The van der Waals surface area contributed by atoms with Gasteiger partial charge in [-0.15, -0.1) is 0 Å². The summed E-state index contributed by atoms with van der Waals surface area (Å²) >= 11 is 0. The second-order valence-electron chi connectivity index (χ2n) is 33.2. The van der Waals surface area contributed by atoms with Crippen LogP contribution >= 0.6 is 15.6 Å². The molecule has 0 fully saturated rings. The van der Waals surface area contributed by atoms with Gasteiger partial charge in [-0.2, -0.15) is 0 Å². The Morgan fingerprint density at radius 1 is 0.236 bits per heavy atom. The lowest BCUT2D eigenvalue weighted by Gasteiger charge is -2.21. The maximum atomic E-state index is 13.1. The van der Waals surface area contributed by atoms with Crippen molar-refractivity contribution in [2.45, 2.75) is 472 Å². The number of carbonyl (C=O) groups is 4. The third kappa shape index (κ3) is 80.1. The molecule has 3 unspecified atom stereocenters. The normalized spacial score (nSPS) is 13.9. The first kappa shape index (κ1) is 104. The number of esters is 4. The van der Waals surface area contributed by atoms with Crippen molar-refractivity contribution in [3.63, 3.8) is 0 Å². The molecule has 0 bridgehead atoms. The van der Waals surface area contributed by atoms with Crippen LogP contribution in [0.3, 0.4) is 0 Å². The Labute approximate surface area is 651 Å². The Bertz CT molecular complexity index is 2060. The van der Waals surface area contributed by atoms with Crippen molar-refractivity contribution >= 4 is 39.5 Å². The molecular formula is C87H170O17P2. The average molecular weight is 1550 g/mol. The second-order valence-corrected chi connectivity index (χ2v) is 36.1. The van der Waals surface area contributed by atoms with Crippen LogP contribution in [0.4, 0.5) is 0 Å². The summed E-state index contributed by atoms with van der Waals surface area (Å²) in [5.41, 5.74) is 0. The van der Waals surface area contributed by atoms with Gasteiger partial charge in [-0.05, 0) is 49.4 Å². The molecule has 0 heterocycles. The molecule has 0 saturated carbocycles. The molecule has 0 aliphatic carbocycles. The molecule has 0 aliphatic rings. The van der Waals surface area contributed by atoms with Gasteiger partial charge in [0.2, 0.25) is 0 Å². The van der Waals surface area contributed by atoms with E-state index in [1.807, 2.05) is 0 Å². The third-order valence-corrected chi connectivity index (χ3v) is 22.2. The van der Waals surface area contributed by atoms with Crippen molar-refractivity contribution in [2.75, 3.05) is 39.6 Å². The zero-order valence-corrected chi connectivity index (χ0v) is 71.9. The number of unbranched alkanes of at least 4 members (excludes halogenated alkanes) is 50. The Morgan fingerprint density at radius 3 is 0.585 bits per heavy atom. The highest BCUT2D eigenvalue weighted by molar-refractivity contribution is 7.47. The lowest BCUT2D eigenvalue weighted by atomic mass is 10.0. The van der Waals surface area contributed by atoms with E-state index in [1.165, 1.54) is 250 Å². The predicted octanol–water partition coefficient (Wildman–Crippen LogP) is 26.3. The standard InChI is InChI=1S/C87H170O17P2/c1-77(2)63-55-47-39-32-26-20-15-11-9-10-12-17-23-30-36-44-53-61-69-86(91)103-82(73-97-84(89)67-59-51-43-35-29-25-19-22-28-34-41-49-57-65-79(5)6)75-101-105(93,94)99-71-81(88)72-100-106(95,96)102-76-83(74-98-85(90)68-60-52-46-38-42-50-58-66-80(7)8)104-87(92)70-62-54-45-37-31-24-18-14-13-16-21-27-33-40-48-56-64-78(3)4/h77-83,88H,9-76H2,1-8H3,(H,93,94)(H,95,96)/t81?,82-,83-/m1/s1. The molecule has 5 atom stereocenters. The molecule has 19 heteroatoms. The van der Waals surface area contributed by atoms with Gasteiger partial charge in [0.05, 0.1) is 26.4 Å². The van der Waals surface area contributed by atoms with Gasteiger partial charge in [0.15, 0.2) is 12.2 Å². The average Bonchev–Trinajstić information content (AvgIpc) is 0.906. The summed E-state index contributed by atoms with van der Waals surface area (Å²) in [4.78, 5) is 73.2. The van der Waals surface area contributed by atoms with Gasteiger partial charge in [-0.3, -0.25) is 37.3 Å². The summed E-state index contributed by atoms with van der Waals surface area (Å²) in [5, 5.41) is 10.7. The van der Waals surface area contributed by atoms with E-state index in [1.54, 1.807) is 0 Å². The van der Waals surface area contributed by atoms with E-state index in [2.05, 4.69) is 55.4 Å². The number of rotatable bonds is 84. The fraction of sp³-hybridized carbons (Fsp3) is 0.954. The molecule has 0 aromatic rings. The van der Waals surface area contributed by atoms with E-state index in [4.69, 9.17) is 37.0 Å². The summed E-state index contributed by atoms with van der Waals surface area (Å²) in [5.74, 6) is 1.02. The van der Waals surface area contributed by atoms with E-state index < -0.39 is 97.5 Å². The smallest absolute Gasteiger partial charge is 0.462 e. The van der Waals surface area contributed by atoms with E-state index >= 15 is 0 Å². The van der Waals surface area contributed by atoms with Crippen molar-refractivity contribution < 1.29 is 80.2 Å². The summed E-state index contributed by atoms with van der Waals surface area (Å²) in [6.07, 6.45) is 65.4. The van der Waals surface area contributed by atoms with Crippen LogP contribution in [-0.4, -0.2) is 96.7 Å². The van der Waals surface area contributed by atoms with Crippen molar-refractivity contribution in [1.82, 2.24) is 0 Å². The molecular weight excluding hydrogens is 1380 g/mol. The number of carbonyl (C=O) groups excluding carboxylic acids is 4. The first-order valence-corrected chi connectivity index (χ1v) is 47.7. The van der Waals surface area contributed by atoms with Crippen molar-refractivity contribution in [3.8, 4) is 0 Å². The van der Waals surface area contributed by atoms with Crippen LogP contribution in [0.25, 0.3) is 0 Å². The summed E-state index contributed by atoms with van der Waals surface area (Å²) < 4.78 is 68.9. The largest absolute Gasteiger partial charge is 0.472 e. The highest BCUT2D eigenvalue weighted by Gasteiger charge is 2.31. The van der Waals surface area contributed by atoms with Gasteiger partial charge in [0.25, 0.3) is 0 Å². The van der Waals surface area contributed by atoms with Crippen LogP contribution in [0.2, 0.25) is 0 Å². The van der Waals surface area contributed by atoms with Gasteiger partial charge in [0, 0.05) is 25.7 Å². The van der Waals surface area contributed by atoms with Gasteiger partial charge in [0.1, 0.15) is 19.3 Å². The highest BCUT2D eigenvalue weighted by Crippen LogP contribution is 2.45. The second kappa shape index (κ2) is 75.7. The van der Waals surface area contributed by atoms with Gasteiger partial charge < -0.3 is 33.8 Å². The van der Waals surface area contributed by atoms with Crippen molar-refractivity contribution in [1.29, 1.82) is 0 Å². The monoisotopic (exact) mass is 1550 g/mol. The summed E-state index contributed by atoms with van der Waals surface area (Å²) in [6, 6.07) is 0. The number of hydrogen-bond acceptors (Lipinski definition) is 15. The van der Waals surface area contributed by atoms with Gasteiger partial charge in [-0.25, -0.2) is 9.13 Å². The fourth-order valence-corrected chi connectivity index (χ4v) is 15.1. The van der Waals surface area contributed by atoms with E-state index in [9.17, 15) is 43.2 Å². The number of hydrogen-bond donors (Lipinski definition) is 3. The molecule has 0 aromatic heterocycles. The van der Waals surface area contributed by atoms with E-state index in [-0.39, 0.29) is 25.7 Å². The molecule has 0 aromatic carbocycles. The minimum atomic E-state index is -4.97. The first-order valence-electron chi connectivity index (χ1n) is 44.7. The lowest BCUT2D eigenvalue weighted by molar-refractivity contribution is -0.161. The van der Waals surface area contributed by atoms with E-state index in [0.717, 1.165) is 114 Å². The van der Waals surface area contributed by atoms with Crippen molar-refractivity contribution in [2.24, 2.45) is 23.7 Å². The first-order chi connectivity index (χ1) is 51.1. The Balaban J connectivity index is 5.22. The minimum Gasteiger partial charge on any atom is -0.462 e. The number of aliphatic hydroxyl groups excluding tert-OH is 1. The van der Waals surface area contributed by atoms with Gasteiger partial charge in [-0.1, -0.05) is 402 Å². The molecule has 106 heavy (non-hydrogen) atoms. The van der Waals surface area contributed by atoms with Crippen LogP contribution in [0.5, 0.6) is 0 Å². The number of ether oxygens (including phenoxy) is 4. The maximum Gasteiger partial charge on any atom is 0.472 e.